The molecule has 104 valence electrons. The third-order valence-electron chi connectivity index (χ3n) is 4.64. The molecule has 0 spiro atoms. The van der Waals surface area contributed by atoms with Gasteiger partial charge in [0.05, 0.1) is 13.7 Å². The minimum atomic E-state index is -0.417. The van der Waals surface area contributed by atoms with Gasteiger partial charge in [0.25, 0.3) is 0 Å². The number of methoxy groups -OCH3 is 1. The van der Waals surface area contributed by atoms with Crippen LogP contribution in [0, 0.1) is 17.8 Å². The number of ether oxygens (including phenoxy) is 1. The Balaban J connectivity index is 1.45. The molecule has 4 heteroatoms. The van der Waals surface area contributed by atoms with Crippen LogP contribution in [0.25, 0.3) is 0 Å². The summed E-state index contributed by atoms with van der Waals surface area (Å²) in [6.07, 6.45) is 5.70. The third kappa shape index (κ3) is 2.68. The third-order valence-corrected chi connectivity index (χ3v) is 4.64. The molecule has 0 saturated heterocycles. The lowest BCUT2D eigenvalue weighted by Crippen LogP contribution is -2.26. The second kappa shape index (κ2) is 5.37. The van der Waals surface area contributed by atoms with Gasteiger partial charge in [0, 0.05) is 0 Å². The maximum atomic E-state index is 11.3. The van der Waals surface area contributed by atoms with E-state index in [0.717, 1.165) is 30.1 Å². The zero-order valence-electron chi connectivity index (χ0n) is 11.4. The second-order valence-corrected chi connectivity index (χ2v) is 5.82. The zero-order chi connectivity index (χ0) is 13.2. The van der Waals surface area contributed by atoms with Crippen LogP contribution >= 0.6 is 0 Å². The van der Waals surface area contributed by atoms with Crippen LogP contribution < -0.4 is 5.32 Å². The molecular weight excluding hydrogens is 242 g/mol. The summed E-state index contributed by atoms with van der Waals surface area (Å²) in [6, 6.07) is 3.50. The average molecular weight is 263 g/mol. The van der Waals surface area contributed by atoms with Gasteiger partial charge in [-0.15, -0.1) is 0 Å². The van der Waals surface area contributed by atoms with E-state index in [1.54, 1.807) is 6.07 Å². The molecule has 3 atom stereocenters. The van der Waals surface area contributed by atoms with E-state index in [4.69, 9.17) is 4.42 Å². The molecule has 4 nitrogen and oxygen atoms in total. The predicted octanol–water partition coefficient (Wildman–Crippen LogP) is 2.59. The monoisotopic (exact) mass is 263 g/mol. The van der Waals surface area contributed by atoms with Crippen LogP contribution in [0.5, 0.6) is 0 Å². The number of carbonyl (C=O) groups excluding carboxylic acids is 1. The lowest BCUT2D eigenvalue weighted by molar-refractivity contribution is 0.0563. The molecule has 0 aliphatic heterocycles. The van der Waals surface area contributed by atoms with Gasteiger partial charge in [0.15, 0.2) is 0 Å². The Bertz CT molecular complexity index is 454. The first-order valence-corrected chi connectivity index (χ1v) is 7.14. The maximum absolute atomic E-state index is 11.3. The second-order valence-electron chi connectivity index (χ2n) is 5.82. The van der Waals surface area contributed by atoms with E-state index >= 15 is 0 Å². The van der Waals surface area contributed by atoms with Gasteiger partial charge >= 0.3 is 5.97 Å². The summed E-state index contributed by atoms with van der Waals surface area (Å²) in [7, 11) is 1.36. The zero-order valence-corrected chi connectivity index (χ0v) is 11.4. The van der Waals surface area contributed by atoms with Crippen molar-refractivity contribution in [2.75, 3.05) is 13.7 Å². The quantitative estimate of drug-likeness (QED) is 0.830. The van der Waals surface area contributed by atoms with E-state index in [9.17, 15) is 4.79 Å². The van der Waals surface area contributed by atoms with Gasteiger partial charge in [-0.3, -0.25) is 0 Å². The Morgan fingerprint density at radius 3 is 3.00 bits per heavy atom. The highest BCUT2D eigenvalue weighted by atomic mass is 16.5. The molecule has 1 aromatic heterocycles. The van der Waals surface area contributed by atoms with Gasteiger partial charge in [-0.25, -0.2) is 4.79 Å². The number of hydrogen-bond donors (Lipinski definition) is 1. The van der Waals surface area contributed by atoms with E-state index in [1.807, 2.05) is 6.07 Å². The Morgan fingerprint density at radius 2 is 2.32 bits per heavy atom. The number of esters is 1. The maximum Gasteiger partial charge on any atom is 0.373 e. The van der Waals surface area contributed by atoms with E-state index in [1.165, 1.54) is 32.8 Å². The lowest BCUT2D eigenvalue weighted by Gasteiger charge is -2.21. The van der Waals surface area contributed by atoms with Crippen LogP contribution in [-0.4, -0.2) is 19.6 Å². The van der Waals surface area contributed by atoms with Crippen LogP contribution in [0.3, 0.4) is 0 Å². The molecule has 2 saturated carbocycles. The highest BCUT2D eigenvalue weighted by Gasteiger charge is 2.38. The normalized spacial score (nSPS) is 28.8. The first-order valence-electron chi connectivity index (χ1n) is 7.14. The Hall–Kier alpha value is -1.29. The Kier molecular flexibility index (Phi) is 3.60. The van der Waals surface area contributed by atoms with Crippen LogP contribution in [0.2, 0.25) is 0 Å². The van der Waals surface area contributed by atoms with Crippen LogP contribution in [0.1, 0.15) is 42.0 Å². The van der Waals surface area contributed by atoms with E-state index in [0.29, 0.717) is 6.54 Å². The number of fused-ring (bicyclic) bond motifs is 2. The van der Waals surface area contributed by atoms with Gasteiger partial charge in [0.1, 0.15) is 5.76 Å². The minimum absolute atomic E-state index is 0.277. The molecule has 2 fully saturated rings. The molecule has 1 N–H and O–H groups in total. The molecule has 1 aromatic rings. The number of nitrogens with one attached hydrogen (secondary N) is 1. The number of furan rings is 1. The van der Waals surface area contributed by atoms with Crippen molar-refractivity contribution < 1.29 is 13.9 Å². The molecule has 2 bridgehead atoms. The Morgan fingerprint density at radius 1 is 1.42 bits per heavy atom. The number of carbonyl (C=O) groups is 1. The van der Waals surface area contributed by atoms with E-state index in [2.05, 4.69) is 10.1 Å². The SMILES string of the molecule is COC(=O)c1ccc(CNCC2CC3CCC2C3)o1. The fourth-order valence-corrected chi connectivity index (χ4v) is 3.69. The fourth-order valence-electron chi connectivity index (χ4n) is 3.69. The lowest BCUT2D eigenvalue weighted by atomic mass is 9.89. The molecule has 3 unspecified atom stereocenters. The van der Waals surface area contributed by atoms with Crippen LogP contribution in [0.4, 0.5) is 0 Å². The fraction of sp³-hybridized carbons (Fsp3) is 0.667. The summed E-state index contributed by atoms with van der Waals surface area (Å²) < 4.78 is 10.0. The first-order chi connectivity index (χ1) is 9.26. The molecule has 3 rings (SSSR count). The van der Waals surface area contributed by atoms with Crippen molar-refractivity contribution in [2.24, 2.45) is 17.8 Å². The summed E-state index contributed by atoms with van der Waals surface area (Å²) in [5.41, 5.74) is 0. The molecule has 0 amide bonds. The van der Waals surface area contributed by atoms with Crippen molar-refractivity contribution in [2.45, 2.75) is 32.2 Å². The number of rotatable bonds is 5. The molecule has 0 radical (unpaired) electrons. The molecular formula is C15H21NO3. The van der Waals surface area contributed by atoms with E-state index < -0.39 is 5.97 Å². The van der Waals surface area contributed by atoms with E-state index in [-0.39, 0.29) is 5.76 Å². The van der Waals surface area contributed by atoms with Crippen molar-refractivity contribution >= 4 is 5.97 Å². The Labute approximate surface area is 113 Å². The predicted molar refractivity (Wildman–Crippen MR) is 70.7 cm³/mol. The van der Waals surface area contributed by atoms with Crippen molar-refractivity contribution in [3.05, 3.63) is 23.7 Å². The van der Waals surface area contributed by atoms with Crippen molar-refractivity contribution in [1.29, 1.82) is 0 Å². The molecule has 2 aliphatic carbocycles. The van der Waals surface area contributed by atoms with Crippen molar-refractivity contribution in [1.82, 2.24) is 5.32 Å². The van der Waals surface area contributed by atoms with Gasteiger partial charge in [0.2, 0.25) is 5.76 Å². The number of hydrogen-bond acceptors (Lipinski definition) is 4. The van der Waals surface area contributed by atoms with Crippen LogP contribution in [0.15, 0.2) is 16.5 Å². The van der Waals surface area contributed by atoms with Gasteiger partial charge in [-0.05, 0) is 55.7 Å². The summed E-state index contributed by atoms with van der Waals surface area (Å²) in [4.78, 5) is 11.3. The largest absolute Gasteiger partial charge is 0.463 e. The molecule has 0 aromatic carbocycles. The smallest absolute Gasteiger partial charge is 0.373 e. The molecule has 2 aliphatic rings. The van der Waals surface area contributed by atoms with Crippen molar-refractivity contribution in [3.8, 4) is 0 Å². The molecule has 1 heterocycles. The standard InChI is InChI=1S/C15H21NO3/c1-18-15(17)14-5-4-13(19-14)9-16-8-12-7-10-2-3-11(12)6-10/h4-5,10-12,16H,2-3,6-9H2,1H3. The van der Waals surface area contributed by atoms with Crippen LogP contribution in [-0.2, 0) is 11.3 Å². The minimum Gasteiger partial charge on any atom is -0.463 e. The van der Waals surface area contributed by atoms with Gasteiger partial charge in [-0.1, -0.05) is 6.42 Å². The summed E-state index contributed by atoms with van der Waals surface area (Å²) in [5.74, 6) is 3.43. The highest BCUT2D eigenvalue weighted by molar-refractivity contribution is 5.86. The summed E-state index contributed by atoms with van der Waals surface area (Å²) in [5, 5.41) is 3.45. The summed E-state index contributed by atoms with van der Waals surface area (Å²) >= 11 is 0. The topological polar surface area (TPSA) is 51.5 Å². The highest BCUT2D eigenvalue weighted by Crippen LogP contribution is 2.47. The van der Waals surface area contributed by atoms with Gasteiger partial charge < -0.3 is 14.5 Å². The summed E-state index contributed by atoms with van der Waals surface area (Å²) in [6.45, 7) is 1.75. The first kappa shape index (κ1) is 12.7. The van der Waals surface area contributed by atoms with Crippen molar-refractivity contribution in [3.63, 3.8) is 0 Å². The molecule has 19 heavy (non-hydrogen) atoms. The average Bonchev–Trinajstić information content (AvgIpc) is 3.13. The van der Waals surface area contributed by atoms with Gasteiger partial charge in [-0.2, -0.15) is 0 Å².